The number of anilines is 2. The Labute approximate surface area is 172 Å². The first-order valence-corrected chi connectivity index (χ1v) is 10.4. The summed E-state index contributed by atoms with van der Waals surface area (Å²) in [6, 6.07) is 9.41. The zero-order valence-corrected chi connectivity index (χ0v) is 17.5. The van der Waals surface area contributed by atoms with E-state index in [9.17, 15) is 9.59 Å². The summed E-state index contributed by atoms with van der Waals surface area (Å²) in [5.41, 5.74) is 2.68. The first-order valence-electron chi connectivity index (χ1n) is 10.4. The molecule has 1 saturated heterocycles. The number of rotatable bonds is 6. The lowest BCUT2D eigenvalue weighted by atomic mass is 9.98. The molecule has 0 spiro atoms. The number of nitrogens with zero attached hydrogens (tertiary/aromatic N) is 3. The van der Waals surface area contributed by atoms with Crippen molar-refractivity contribution in [3.05, 3.63) is 53.9 Å². The van der Waals surface area contributed by atoms with E-state index in [1.54, 1.807) is 6.07 Å². The van der Waals surface area contributed by atoms with Crippen molar-refractivity contribution in [1.82, 2.24) is 9.88 Å². The van der Waals surface area contributed by atoms with Crippen molar-refractivity contribution in [2.75, 3.05) is 36.4 Å². The minimum absolute atomic E-state index is 0.0531. The summed E-state index contributed by atoms with van der Waals surface area (Å²) in [5, 5.41) is 2.89. The van der Waals surface area contributed by atoms with Crippen LogP contribution in [0.3, 0.4) is 0 Å². The number of carbonyl (C=O) groups excluding carboxylic acids is 2. The van der Waals surface area contributed by atoms with Crippen molar-refractivity contribution >= 4 is 23.2 Å². The van der Waals surface area contributed by atoms with Crippen LogP contribution in [0, 0.1) is 5.92 Å². The summed E-state index contributed by atoms with van der Waals surface area (Å²) in [7, 11) is 0. The van der Waals surface area contributed by atoms with E-state index in [0.29, 0.717) is 22.7 Å². The fourth-order valence-electron chi connectivity index (χ4n) is 3.62. The molecule has 1 aromatic heterocycles. The number of amides is 2. The smallest absolute Gasteiger partial charge is 0.257 e. The summed E-state index contributed by atoms with van der Waals surface area (Å²) in [4.78, 5) is 33.6. The van der Waals surface area contributed by atoms with Crippen LogP contribution in [0.15, 0.2) is 42.7 Å². The van der Waals surface area contributed by atoms with Gasteiger partial charge < -0.3 is 15.1 Å². The van der Waals surface area contributed by atoms with E-state index >= 15 is 0 Å². The van der Waals surface area contributed by atoms with Crippen molar-refractivity contribution in [3.63, 3.8) is 0 Å². The number of benzene rings is 1. The lowest BCUT2D eigenvalue weighted by Crippen LogP contribution is -2.38. The van der Waals surface area contributed by atoms with Gasteiger partial charge in [-0.15, -0.1) is 0 Å². The molecule has 2 aromatic rings. The third-order valence-corrected chi connectivity index (χ3v) is 5.57. The maximum Gasteiger partial charge on any atom is 0.257 e. The molecule has 1 N–H and O–H groups in total. The number of aromatic nitrogens is 1. The quantitative estimate of drug-likeness (QED) is 0.803. The van der Waals surface area contributed by atoms with E-state index in [-0.39, 0.29) is 11.8 Å². The Kier molecular flexibility index (Phi) is 6.86. The monoisotopic (exact) mass is 394 g/mol. The molecule has 1 fully saturated rings. The maximum absolute atomic E-state index is 12.7. The number of likely N-dealkylation sites (tertiary alicyclic amines) is 1. The third kappa shape index (κ3) is 5.13. The van der Waals surface area contributed by atoms with Gasteiger partial charge in [0, 0.05) is 49.9 Å². The summed E-state index contributed by atoms with van der Waals surface area (Å²) in [6.07, 6.45) is 5.07. The van der Waals surface area contributed by atoms with Gasteiger partial charge in [0.2, 0.25) is 0 Å². The van der Waals surface area contributed by atoms with Crippen LogP contribution in [-0.4, -0.2) is 47.9 Å². The molecule has 29 heavy (non-hydrogen) atoms. The van der Waals surface area contributed by atoms with E-state index in [1.165, 1.54) is 12.4 Å². The summed E-state index contributed by atoms with van der Waals surface area (Å²) in [6.45, 7) is 9.83. The van der Waals surface area contributed by atoms with Crippen molar-refractivity contribution in [1.29, 1.82) is 0 Å². The van der Waals surface area contributed by atoms with E-state index in [0.717, 1.165) is 44.7 Å². The molecule has 6 nitrogen and oxygen atoms in total. The zero-order valence-electron chi connectivity index (χ0n) is 17.5. The van der Waals surface area contributed by atoms with Gasteiger partial charge in [-0.25, -0.2) is 0 Å². The van der Waals surface area contributed by atoms with Crippen LogP contribution in [0.4, 0.5) is 11.4 Å². The molecule has 3 rings (SSSR count). The third-order valence-electron chi connectivity index (χ3n) is 5.57. The van der Waals surface area contributed by atoms with Gasteiger partial charge in [-0.2, -0.15) is 0 Å². The second kappa shape index (κ2) is 9.54. The van der Waals surface area contributed by atoms with Gasteiger partial charge in [0.1, 0.15) is 0 Å². The summed E-state index contributed by atoms with van der Waals surface area (Å²) >= 11 is 0. The standard InChI is InChI=1S/C23H30N4O2/c1-4-26(5-2)21-8-6-20(7-9-21)25-22(28)18-14-19(16-24-15-18)23(29)27-12-10-17(3)11-13-27/h6-9,14-17H,4-5,10-13H2,1-3H3,(H,25,28). The topological polar surface area (TPSA) is 65.5 Å². The number of hydrogen-bond acceptors (Lipinski definition) is 4. The molecule has 1 aromatic carbocycles. The van der Waals surface area contributed by atoms with Crippen LogP contribution >= 0.6 is 0 Å². The van der Waals surface area contributed by atoms with Gasteiger partial charge in [-0.3, -0.25) is 14.6 Å². The van der Waals surface area contributed by atoms with Crippen LogP contribution in [-0.2, 0) is 0 Å². The van der Waals surface area contributed by atoms with Gasteiger partial charge in [-0.1, -0.05) is 6.92 Å². The van der Waals surface area contributed by atoms with E-state index in [1.807, 2.05) is 29.2 Å². The summed E-state index contributed by atoms with van der Waals surface area (Å²) in [5.74, 6) is 0.333. The van der Waals surface area contributed by atoms with Gasteiger partial charge in [-0.05, 0) is 62.9 Å². The molecule has 0 radical (unpaired) electrons. The molecule has 0 unspecified atom stereocenters. The second-order valence-electron chi connectivity index (χ2n) is 7.61. The first-order chi connectivity index (χ1) is 14.0. The van der Waals surface area contributed by atoms with Crippen LogP contribution in [0.25, 0.3) is 0 Å². The number of piperidine rings is 1. The Balaban J connectivity index is 1.67. The predicted octanol–water partition coefficient (Wildman–Crippen LogP) is 4.05. The molecule has 154 valence electrons. The normalized spacial score (nSPS) is 14.5. The number of carbonyl (C=O) groups is 2. The van der Waals surface area contributed by atoms with E-state index < -0.39 is 0 Å². The highest BCUT2D eigenvalue weighted by molar-refractivity contribution is 6.05. The fourth-order valence-corrected chi connectivity index (χ4v) is 3.62. The highest BCUT2D eigenvalue weighted by Gasteiger charge is 2.22. The Morgan fingerprint density at radius 2 is 1.69 bits per heavy atom. The Morgan fingerprint density at radius 3 is 2.31 bits per heavy atom. The number of nitrogens with one attached hydrogen (secondary N) is 1. The summed E-state index contributed by atoms with van der Waals surface area (Å²) < 4.78 is 0. The molecule has 0 bridgehead atoms. The average Bonchev–Trinajstić information content (AvgIpc) is 2.76. The zero-order chi connectivity index (χ0) is 20.8. The van der Waals surface area contributed by atoms with Crippen LogP contribution in [0.2, 0.25) is 0 Å². The lowest BCUT2D eigenvalue weighted by Gasteiger charge is -2.30. The lowest BCUT2D eigenvalue weighted by molar-refractivity contribution is 0.0697. The molecule has 2 amide bonds. The van der Waals surface area contributed by atoms with Crippen molar-refractivity contribution < 1.29 is 9.59 Å². The highest BCUT2D eigenvalue weighted by Crippen LogP contribution is 2.20. The maximum atomic E-state index is 12.7. The number of pyridine rings is 1. The Hall–Kier alpha value is -2.89. The molecule has 1 aliphatic rings. The fraction of sp³-hybridized carbons (Fsp3) is 0.435. The molecular formula is C23H30N4O2. The van der Waals surface area contributed by atoms with Gasteiger partial charge in [0.15, 0.2) is 0 Å². The predicted molar refractivity (Wildman–Crippen MR) is 116 cm³/mol. The Bertz CT molecular complexity index is 838. The first kappa shape index (κ1) is 20.8. The van der Waals surface area contributed by atoms with Gasteiger partial charge in [0.25, 0.3) is 11.8 Å². The van der Waals surface area contributed by atoms with E-state index in [2.05, 4.69) is 36.0 Å². The second-order valence-corrected chi connectivity index (χ2v) is 7.61. The SMILES string of the molecule is CCN(CC)c1ccc(NC(=O)c2cncc(C(=O)N3CCC(C)CC3)c2)cc1. The van der Waals surface area contributed by atoms with Crippen LogP contribution in [0.5, 0.6) is 0 Å². The van der Waals surface area contributed by atoms with Crippen molar-refractivity contribution in [3.8, 4) is 0 Å². The Morgan fingerprint density at radius 1 is 1.07 bits per heavy atom. The molecule has 0 atom stereocenters. The molecular weight excluding hydrogens is 364 g/mol. The number of hydrogen-bond donors (Lipinski definition) is 1. The molecule has 2 heterocycles. The highest BCUT2D eigenvalue weighted by atomic mass is 16.2. The average molecular weight is 395 g/mol. The van der Waals surface area contributed by atoms with Gasteiger partial charge >= 0.3 is 0 Å². The minimum atomic E-state index is -0.269. The van der Waals surface area contributed by atoms with Crippen molar-refractivity contribution in [2.45, 2.75) is 33.6 Å². The minimum Gasteiger partial charge on any atom is -0.372 e. The van der Waals surface area contributed by atoms with E-state index in [4.69, 9.17) is 0 Å². The van der Waals surface area contributed by atoms with Crippen LogP contribution in [0.1, 0.15) is 54.3 Å². The largest absolute Gasteiger partial charge is 0.372 e. The molecule has 0 aliphatic carbocycles. The van der Waals surface area contributed by atoms with Crippen molar-refractivity contribution in [2.24, 2.45) is 5.92 Å². The van der Waals surface area contributed by atoms with Gasteiger partial charge in [0.05, 0.1) is 11.1 Å². The molecule has 6 heteroatoms. The molecule has 0 saturated carbocycles. The van der Waals surface area contributed by atoms with Crippen LogP contribution < -0.4 is 10.2 Å². The molecule has 1 aliphatic heterocycles.